The summed E-state index contributed by atoms with van der Waals surface area (Å²) in [6.45, 7) is 0. The second-order valence-electron chi connectivity index (χ2n) is 4.50. The van der Waals surface area contributed by atoms with Gasteiger partial charge in [-0.1, -0.05) is 51.4 Å². The summed E-state index contributed by atoms with van der Waals surface area (Å²) in [6.07, 6.45) is 12.0. The second kappa shape index (κ2) is 6.86. The van der Waals surface area contributed by atoms with Gasteiger partial charge in [-0.2, -0.15) is 0 Å². The number of carboxylic acids is 1. The van der Waals surface area contributed by atoms with E-state index in [1.54, 1.807) is 0 Å². The van der Waals surface area contributed by atoms with Gasteiger partial charge >= 0.3 is 5.97 Å². The summed E-state index contributed by atoms with van der Waals surface area (Å²) < 4.78 is 0. The van der Waals surface area contributed by atoms with Crippen LogP contribution >= 0.6 is 0 Å². The van der Waals surface area contributed by atoms with E-state index >= 15 is 0 Å². The van der Waals surface area contributed by atoms with Gasteiger partial charge in [0.25, 0.3) is 0 Å². The molecule has 1 aliphatic rings. The van der Waals surface area contributed by atoms with Gasteiger partial charge < -0.3 is 5.11 Å². The van der Waals surface area contributed by atoms with Gasteiger partial charge in [-0.05, 0) is 12.3 Å². The average molecular weight is 198 g/mol. The van der Waals surface area contributed by atoms with Crippen molar-refractivity contribution in [3.8, 4) is 0 Å². The zero-order chi connectivity index (χ0) is 10.2. The number of aliphatic carboxylic acids is 1. The number of carbonyl (C=O) groups is 1. The van der Waals surface area contributed by atoms with Crippen LogP contribution in [0.3, 0.4) is 0 Å². The Bertz CT molecular complexity index is 160. The van der Waals surface area contributed by atoms with Gasteiger partial charge in [0.2, 0.25) is 0 Å². The highest BCUT2D eigenvalue weighted by atomic mass is 16.4. The van der Waals surface area contributed by atoms with Crippen LogP contribution in [-0.4, -0.2) is 11.1 Å². The van der Waals surface area contributed by atoms with E-state index in [0.29, 0.717) is 6.42 Å². The molecule has 0 aliphatic heterocycles. The summed E-state index contributed by atoms with van der Waals surface area (Å²) in [5.74, 6) is 0.302. The van der Waals surface area contributed by atoms with E-state index < -0.39 is 5.97 Å². The van der Waals surface area contributed by atoms with E-state index in [9.17, 15) is 4.79 Å². The van der Waals surface area contributed by atoms with Crippen molar-refractivity contribution in [2.75, 3.05) is 0 Å². The molecule has 14 heavy (non-hydrogen) atoms. The zero-order valence-corrected chi connectivity index (χ0v) is 9.00. The lowest BCUT2D eigenvalue weighted by molar-refractivity contribution is -0.137. The molecule has 1 aliphatic carbocycles. The summed E-state index contributed by atoms with van der Waals surface area (Å²) >= 11 is 0. The Hall–Kier alpha value is -0.530. The van der Waals surface area contributed by atoms with Crippen molar-refractivity contribution in [1.29, 1.82) is 0 Å². The molecule has 1 N–H and O–H groups in total. The highest BCUT2D eigenvalue weighted by Crippen LogP contribution is 2.27. The Labute approximate surface area is 86.7 Å². The van der Waals surface area contributed by atoms with Crippen LogP contribution in [0.1, 0.15) is 64.2 Å². The Morgan fingerprint density at radius 3 is 2.43 bits per heavy atom. The number of carboxylic acid groups (broad SMARTS) is 1. The van der Waals surface area contributed by atoms with E-state index in [1.165, 1.54) is 44.9 Å². The SMILES string of the molecule is O=C(O)CCCCCC1CCCCC1. The van der Waals surface area contributed by atoms with E-state index in [2.05, 4.69) is 0 Å². The highest BCUT2D eigenvalue weighted by molar-refractivity contribution is 5.66. The molecule has 0 radical (unpaired) electrons. The minimum Gasteiger partial charge on any atom is -0.481 e. The van der Waals surface area contributed by atoms with Crippen molar-refractivity contribution in [3.63, 3.8) is 0 Å². The maximum Gasteiger partial charge on any atom is 0.303 e. The van der Waals surface area contributed by atoms with Crippen LogP contribution in [0.25, 0.3) is 0 Å². The lowest BCUT2D eigenvalue weighted by atomic mass is 9.85. The molecular formula is C12H22O2. The number of hydrogen-bond donors (Lipinski definition) is 1. The van der Waals surface area contributed by atoms with Gasteiger partial charge in [0.1, 0.15) is 0 Å². The molecule has 0 saturated heterocycles. The molecule has 0 spiro atoms. The van der Waals surface area contributed by atoms with Crippen molar-refractivity contribution < 1.29 is 9.90 Å². The molecule has 1 fully saturated rings. The van der Waals surface area contributed by atoms with Crippen LogP contribution in [-0.2, 0) is 4.79 Å². The fourth-order valence-electron chi connectivity index (χ4n) is 2.36. The maximum atomic E-state index is 10.3. The topological polar surface area (TPSA) is 37.3 Å². The minimum atomic E-state index is -0.650. The van der Waals surface area contributed by atoms with E-state index in [1.807, 2.05) is 0 Å². The fraction of sp³-hybridized carbons (Fsp3) is 0.917. The number of rotatable bonds is 6. The third-order valence-corrected chi connectivity index (χ3v) is 3.23. The van der Waals surface area contributed by atoms with Crippen molar-refractivity contribution in [3.05, 3.63) is 0 Å². The molecular weight excluding hydrogens is 176 g/mol. The first-order valence-electron chi connectivity index (χ1n) is 6.01. The van der Waals surface area contributed by atoms with Crippen molar-refractivity contribution in [1.82, 2.24) is 0 Å². The summed E-state index contributed by atoms with van der Waals surface area (Å²) in [6, 6.07) is 0. The largest absolute Gasteiger partial charge is 0.481 e. The lowest BCUT2D eigenvalue weighted by Crippen LogP contribution is -2.05. The van der Waals surface area contributed by atoms with Crippen LogP contribution in [0, 0.1) is 5.92 Å². The van der Waals surface area contributed by atoms with E-state index in [-0.39, 0.29) is 0 Å². The quantitative estimate of drug-likeness (QED) is 0.662. The summed E-state index contributed by atoms with van der Waals surface area (Å²) in [7, 11) is 0. The molecule has 2 nitrogen and oxygen atoms in total. The van der Waals surface area contributed by atoms with Crippen LogP contribution in [0.15, 0.2) is 0 Å². The Balaban J connectivity index is 1.90. The highest BCUT2D eigenvalue weighted by Gasteiger charge is 2.12. The first-order chi connectivity index (χ1) is 6.79. The molecule has 82 valence electrons. The molecule has 0 heterocycles. The molecule has 1 rings (SSSR count). The molecule has 0 aromatic rings. The second-order valence-corrected chi connectivity index (χ2v) is 4.50. The normalized spacial score (nSPS) is 18.3. The first kappa shape index (κ1) is 11.5. The van der Waals surface area contributed by atoms with Crippen LogP contribution < -0.4 is 0 Å². The molecule has 0 amide bonds. The molecule has 0 aromatic heterocycles. The smallest absolute Gasteiger partial charge is 0.303 e. The maximum absolute atomic E-state index is 10.3. The zero-order valence-electron chi connectivity index (χ0n) is 9.00. The van der Waals surface area contributed by atoms with Gasteiger partial charge in [-0.25, -0.2) is 0 Å². The minimum absolute atomic E-state index is 0.352. The monoisotopic (exact) mass is 198 g/mol. The Morgan fingerprint density at radius 2 is 1.79 bits per heavy atom. The molecule has 0 atom stereocenters. The number of unbranched alkanes of at least 4 members (excludes halogenated alkanes) is 2. The van der Waals surface area contributed by atoms with Gasteiger partial charge in [0.05, 0.1) is 0 Å². The van der Waals surface area contributed by atoms with Crippen LogP contribution in [0.2, 0.25) is 0 Å². The average Bonchev–Trinajstić information content (AvgIpc) is 2.18. The lowest BCUT2D eigenvalue weighted by Gasteiger charge is -2.21. The van der Waals surface area contributed by atoms with Gasteiger partial charge in [-0.15, -0.1) is 0 Å². The molecule has 2 heteroatoms. The number of hydrogen-bond acceptors (Lipinski definition) is 1. The summed E-state index contributed by atoms with van der Waals surface area (Å²) in [5, 5.41) is 8.46. The Morgan fingerprint density at radius 1 is 1.07 bits per heavy atom. The van der Waals surface area contributed by atoms with E-state index in [0.717, 1.165) is 18.8 Å². The fourth-order valence-corrected chi connectivity index (χ4v) is 2.36. The molecule has 0 aromatic carbocycles. The van der Waals surface area contributed by atoms with Crippen molar-refractivity contribution in [2.24, 2.45) is 5.92 Å². The summed E-state index contributed by atoms with van der Waals surface area (Å²) in [5.41, 5.74) is 0. The molecule has 0 unspecified atom stereocenters. The van der Waals surface area contributed by atoms with Gasteiger partial charge in [0, 0.05) is 6.42 Å². The molecule has 1 saturated carbocycles. The van der Waals surface area contributed by atoms with Crippen molar-refractivity contribution in [2.45, 2.75) is 64.2 Å². The predicted molar refractivity (Wildman–Crippen MR) is 57.3 cm³/mol. The van der Waals surface area contributed by atoms with Crippen molar-refractivity contribution >= 4 is 5.97 Å². The van der Waals surface area contributed by atoms with E-state index in [4.69, 9.17) is 5.11 Å². The van der Waals surface area contributed by atoms with Gasteiger partial charge in [0.15, 0.2) is 0 Å². The predicted octanol–water partition coefficient (Wildman–Crippen LogP) is 3.60. The molecule has 0 bridgehead atoms. The third kappa shape index (κ3) is 5.25. The third-order valence-electron chi connectivity index (χ3n) is 3.23. The summed E-state index contributed by atoms with van der Waals surface area (Å²) in [4.78, 5) is 10.3. The Kier molecular flexibility index (Phi) is 5.65. The van der Waals surface area contributed by atoms with Crippen LogP contribution in [0.5, 0.6) is 0 Å². The van der Waals surface area contributed by atoms with Crippen LogP contribution in [0.4, 0.5) is 0 Å². The first-order valence-corrected chi connectivity index (χ1v) is 6.01. The van der Waals surface area contributed by atoms with Gasteiger partial charge in [-0.3, -0.25) is 4.79 Å². The standard InChI is InChI=1S/C12H22O2/c13-12(14)10-6-2-5-9-11-7-3-1-4-8-11/h11H,1-10H2,(H,13,14).